The molecule has 1 aromatic heterocycles. The molecule has 0 bridgehead atoms. The number of nitrogens with zero attached hydrogens (tertiary/aromatic N) is 3. The highest BCUT2D eigenvalue weighted by molar-refractivity contribution is 9.18. The Bertz CT molecular complexity index is 811. The number of carbonyl (C=O) groups is 1. The summed E-state index contributed by atoms with van der Waals surface area (Å²) in [5.41, 5.74) is 7.35. The largest absolute Gasteiger partial charge is 0.404 e. The van der Waals surface area contributed by atoms with Crippen molar-refractivity contribution in [3.05, 3.63) is 59.6 Å². The summed E-state index contributed by atoms with van der Waals surface area (Å²) in [6.45, 7) is 3.96. The number of benzene rings is 1. The number of rotatable bonds is 6. The molecule has 0 amide bonds. The molecular weight excluding hydrogens is 375 g/mol. The second kappa shape index (κ2) is 8.01. The summed E-state index contributed by atoms with van der Waals surface area (Å²) in [6.07, 6.45) is 5.25. The highest BCUT2D eigenvalue weighted by Gasteiger charge is 2.15. The Morgan fingerprint density at radius 2 is 2.25 bits per heavy atom. The quantitative estimate of drug-likeness (QED) is 0.604. The molecule has 0 aliphatic rings. The molecule has 1 heterocycles. The standard InChI is InChI=1S/C17H18BrFN4O/c1-3-21-17(18)12(10-20)8-16-22-6-7-23(16)15-5-4-13(19)9-14(15)11(2)24/h4-7,9-10H,3,8,20H2,1-2H3. The third-order valence-corrected chi connectivity index (χ3v) is 4.19. The smallest absolute Gasteiger partial charge is 0.162 e. The van der Waals surface area contributed by atoms with E-state index < -0.39 is 5.82 Å². The fraction of sp³-hybridized carbons (Fsp3) is 0.235. The van der Waals surface area contributed by atoms with Crippen molar-refractivity contribution in [3.8, 4) is 5.69 Å². The molecule has 0 aliphatic carbocycles. The maximum Gasteiger partial charge on any atom is 0.162 e. The van der Waals surface area contributed by atoms with Crippen LogP contribution in [0.15, 0.2) is 47.4 Å². The van der Waals surface area contributed by atoms with E-state index in [0.29, 0.717) is 34.7 Å². The monoisotopic (exact) mass is 392 g/mol. The van der Waals surface area contributed by atoms with Gasteiger partial charge in [-0.25, -0.2) is 9.37 Å². The first-order valence-electron chi connectivity index (χ1n) is 7.42. The van der Waals surface area contributed by atoms with Gasteiger partial charge in [0.05, 0.1) is 5.69 Å². The van der Waals surface area contributed by atoms with Crippen LogP contribution in [0.1, 0.15) is 30.0 Å². The fourth-order valence-electron chi connectivity index (χ4n) is 2.30. The van der Waals surface area contributed by atoms with E-state index >= 15 is 0 Å². The number of ketones is 1. The van der Waals surface area contributed by atoms with Crippen molar-refractivity contribution in [2.75, 3.05) is 6.54 Å². The molecule has 0 unspecified atom stereocenters. The number of nitrogens with two attached hydrogens (primary N) is 1. The Balaban J connectivity index is 2.45. The lowest BCUT2D eigenvalue weighted by Gasteiger charge is -2.12. The first-order chi connectivity index (χ1) is 11.5. The predicted octanol–water partition coefficient (Wildman–Crippen LogP) is 3.41. The Hall–Kier alpha value is -2.28. The van der Waals surface area contributed by atoms with E-state index in [9.17, 15) is 9.18 Å². The molecule has 1 aromatic carbocycles. The van der Waals surface area contributed by atoms with Gasteiger partial charge in [0, 0.05) is 42.7 Å². The summed E-state index contributed by atoms with van der Waals surface area (Å²) < 4.78 is 15.9. The van der Waals surface area contributed by atoms with Crippen LogP contribution in [0.4, 0.5) is 4.39 Å². The Morgan fingerprint density at radius 1 is 1.50 bits per heavy atom. The molecule has 5 nitrogen and oxygen atoms in total. The van der Waals surface area contributed by atoms with Crippen LogP contribution in [0.5, 0.6) is 0 Å². The van der Waals surface area contributed by atoms with Gasteiger partial charge in [-0.3, -0.25) is 9.79 Å². The topological polar surface area (TPSA) is 73.3 Å². The van der Waals surface area contributed by atoms with E-state index in [1.165, 1.54) is 25.3 Å². The molecule has 24 heavy (non-hydrogen) atoms. The van der Waals surface area contributed by atoms with E-state index in [-0.39, 0.29) is 5.78 Å². The lowest BCUT2D eigenvalue weighted by Crippen LogP contribution is -2.10. The van der Waals surface area contributed by atoms with Crippen molar-refractivity contribution in [2.45, 2.75) is 20.3 Å². The van der Waals surface area contributed by atoms with Gasteiger partial charge in [0.15, 0.2) is 5.78 Å². The van der Waals surface area contributed by atoms with E-state index in [4.69, 9.17) is 5.73 Å². The van der Waals surface area contributed by atoms with Crippen LogP contribution in [0.25, 0.3) is 5.69 Å². The highest BCUT2D eigenvalue weighted by atomic mass is 79.9. The second-order valence-corrected chi connectivity index (χ2v) is 5.82. The van der Waals surface area contributed by atoms with Crippen molar-refractivity contribution in [3.63, 3.8) is 0 Å². The zero-order valence-corrected chi connectivity index (χ0v) is 15.0. The minimum atomic E-state index is -0.453. The second-order valence-electron chi connectivity index (χ2n) is 5.06. The molecule has 7 heteroatoms. The summed E-state index contributed by atoms with van der Waals surface area (Å²) in [5.74, 6) is 0.00232. The molecule has 0 spiro atoms. The average Bonchev–Trinajstić information content (AvgIpc) is 3.00. The number of halogens is 2. The van der Waals surface area contributed by atoms with Crippen LogP contribution >= 0.6 is 15.9 Å². The maximum absolute atomic E-state index is 13.5. The van der Waals surface area contributed by atoms with Gasteiger partial charge in [-0.1, -0.05) is 0 Å². The van der Waals surface area contributed by atoms with Crippen LogP contribution < -0.4 is 5.73 Å². The van der Waals surface area contributed by atoms with Gasteiger partial charge in [-0.05, 0) is 48.0 Å². The van der Waals surface area contributed by atoms with Crippen LogP contribution in [-0.2, 0) is 6.42 Å². The number of Topliss-reactive ketones (excluding diaryl/α,β-unsaturated/α-hetero) is 1. The van der Waals surface area contributed by atoms with Gasteiger partial charge in [-0.15, -0.1) is 0 Å². The van der Waals surface area contributed by atoms with Gasteiger partial charge < -0.3 is 10.3 Å². The van der Waals surface area contributed by atoms with Gasteiger partial charge in [0.2, 0.25) is 0 Å². The number of hydrogen-bond acceptors (Lipinski definition) is 4. The van der Waals surface area contributed by atoms with Crippen molar-refractivity contribution in [1.82, 2.24) is 9.55 Å². The predicted molar refractivity (Wildman–Crippen MR) is 96.4 cm³/mol. The highest BCUT2D eigenvalue weighted by Crippen LogP contribution is 2.21. The molecule has 126 valence electrons. The number of aliphatic imine (C=N–C) groups is 1. The minimum Gasteiger partial charge on any atom is -0.404 e. The third-order valence-electron chi connectivity index (χ3n) is 3.43. The number of aromatic nitrogens is 2. The summed E-state index contributed by atoms with van der Waals surface area (Å²) >= 11 is 3.40. The van der Waals surface area contributed by atoms with Crippen LogP contribution in [0.2, 0.25) is 0 Å². The van der Waals surface area contributed by atoms with Gasteiger partial charge >= 0.3 is 0 Å². The first kappa shape index (κ1) is 18.1. The van der Waals surface area contributed by atoms with Gasteiger partial charge in [-0.2, -0.15) is 0 Å². The van der Waals surface area contributed by atoms with Gasteiger partial charge in [0.25, 0.3) is 0 Å². The molecular formula is C17H18BrFN4O. The lowest BCUT2D eigenvalue weighted by atomic mass is 10.1. The lowest BCUT2D eigenvalue weighted by molar-refractivity contribution is 0.101. The molecule has 2 N–H and O–H groups in total. The fourth-order valence-corrected chi connectivity index (χ4v) is 2.82. The average molecular weight is 393 g/mol. The normalized spacial score (nSPS) is 12.5. The number of allylic oxidation sites excluding steroid dienone is 1. The minimum absolute atomic E-state index is 0.215. The summed E-state index contributed by atoms with van der Waals surface area (Å²) in [5, 5.41) is 0. The number of carbonyl (C=O) groups excluding carboxylic acids is 1. The summed E-state index contributed by atoms with van der Waals surface area (Å²) in [4.78, 5) is 20.5. The van der Waals surface area contributed by atoms with Crippen LogP contribution in [0.3, 0.4) is 0 Å². The van der Waals surface area contributed by atoms with Crippen molar-refractivity contribution in [2.24, 2.45) is 10.7 Å². The van der Waals surface area contributed by atoms with Crippen LogP contribution in [0, 0.1) is 5.82 Å². The SMILES string of the molecule is CCN=C(Br)C(=CN)Cc1nccn1-c1ccc(F)cc1C(C)=O. The zero-order chi connectivity index (χ0) is 17.7. The third kappa shape index (κ3) is 3.97. The van der Waals surface area contributed by atoms with Crippen molar-refractivity contribution < 1.29 is 9.18 Å². The Morgan fingerprint density at radius 3 is 2.88 bits per heavy atom. The molecule has 0 fully saturated rings. The van der Waals surface area contributed by atoms with Gasteiger partial charge in [0.1, 0.15) is 16.3 Å². The zero-order valence-electron chi connectivity index (χ0n) is 13.5. The summed E-state index contributed by atoms with van der Waals surface area (Å²) in [7, 11) is 0. The van der Waals surface area contributed by atoms with E-state index in [1.807, 2.05) is 6.92 Å². The molecule has 2 rings (SSSR count). The molecule has 0 radical (unpaired) electrons. The summed E-state index contributed by atoms with van der Waals surface area (Å²) in [6, 6.07) is 4.12. The molecule has 2 aromatic rings. The Kier molecular flexibility index (Phi) is 6.03. The number of imidazole rings is 1. The molecule has 0 atom stereocenters. The first-order valence-corrected chi connectivity index (χ1v) is 8.21. The van der Waals surface area contributed by atoms with E-state index in [0.717, 1.165) is 5.57 Å². The molecule has 0 saturated heterocycles. The van der Waals surface area contributed by atoms with Crippen molar-refractivity contribution in [1.29, 1.82) is 0 Å². The van der Waals surface area contributed by atoms with Crippen LogP contribution in [-0.4, -0.2) is 26.5 Å². The molecule has 0 aliphatic heterocycles. The van der Waals surface area contributed by atoms with Crippen molar-refractivity contribution >= 4 is 26.3 Å². The number of hydrogen-bond donors (Lipinski definition) is 1. The van der Waals surface area contributed by atoms with E-state index in [2.05, 4.69) is 25.9 Å². The molecule has 0 saturated carbocycles. The Labute approximate surface area is 148 Å². The maximum atomic E-state index is 13.5. The van der Waals surface area contributed by atoms with E-state index in [1.54, 1.807) is 23.0 Å².